The Morgan fingerprint density at radius 2 is 1.48 bits per heavy atom. The highest BCUT2D eigenvalue weighted by molar-refractivity contribution is 7.98. The Hall–Kier alpha value is -3.78. The van der Waals surface area contributed by atoms with Crippen molar-refractivity contribution in [2.45, 2.75) is 24.4 Å². The number of benzene rings is 3. The summed E-state index contributed by atoms with van der Waals surface area (Å²) in [6, 6.07) is 20.6. The topological polar surface area (TPSA) is 68.1 Å². The van der Waals surface area contributed by atoms with Crippen molar-refractivity contribution in [2.24, 2.45) is 0 Å². The van der Waals surface area contributed by atoms with Crippen molar-refractivity contribution in [2.75, 3.05) is 4.90 Å². The van der Waals surface area contributed by atoms with Gasteiger partial charge in [0.15, 0.2) is 11.0 Å². The van der Waals surface area contributed by atoms with Gasteiger partial charge in [0.1, 0.15) is 5.82 Å². The molecule has 164 valence electrons. The number of amides is 2. The van der Waals surface area contributed by atoms with Gasteiger partial charge in [-0.3, -0.25) is 9.59 Å². The van der Waals surface area contributed by atoms with Crippen LogP contribution in [-0.4, -0.2) is 26.6 Å². The van der Waals surface area contributed by atoms with Gasteiger partial charge in [-0.15, -0.1) is 10.2 Å². The van der Waals surface area contributed by atoms with Gasteiger partial charge in [0, 0.05) is 17.9 Å². The molecule has 0 radical (unpaired) electrons. The molecule has 0 bridgehead atoms. The van der Waals surface area contributed by atoms with E-state index in [0.29, 0.717) is 45.7 Å². The van der Waals surface area contributed by atoms with Crippen LogP contribution in [-0.2, 0) is 12.3 Å². The summed E-state index contributed by atoms with van der Waals surface area (Å²) in [4.78, 5) is 26.6. The van der Waals surface area contributed by atoms with E-state index >= 15 is 0 Å². The molecule has 0 spiro atoms. The van der Waals surface area contributed by atoms with Gasteiger partial charge in [-0.05, 0) is 55.0 Å². The fourth-order valence-corrected chi connectivity index (χ4v) is 4.82. The second kappa shape index (κ2) is 8.63. The van der Waals surface area contributed by atoms with E-state index in [-0.39, 0.29) is 17.6 Å². The number of carbonyl (C=O) groups excluding carboxylic acids is 2. The summed E-state index contributed by atoms with van der Waals surface area (Å²) in [5.74, 6) is 0.224. The van der Waals surface area contributed by atoms with Crippen LogP contribution < -0.4 is 4.90 Å². The second-order valence-corrected chi connectivity index (χ2v) is 8.41. The molecule has 0 saturated carbocycles. The Kier molecular flexibility index (Phi) is 5.51. The molecule has 6 nitrogen and oxygen atoms in total. The minimum Gasteiger partial charge on any atom is -0.302 e. The second-order valence-electron chi connectivity index (χ2n) is 7.47. The number of halogens is 1. The number of imide groups is 1. The van der Waals surface area contributed by atoms with E-state index in [1.165, 1.54) is 22.7 Å². The maximum atomic E-state index is 13.9. The van der Waals surface area contributed by atoms with Crippen molar-refractivity contribution < 1.29 is 14.0 Å². The van der Waals surface area contributed by atoms with E-state index in [2.05, 4.69) is 10.2 Å². The Balaban J connectivity index is 1.38. The lowest BCUT2D eigenvalue weighted by molar-refractivity contribution is 0.0926. The van der Waals surface area contributed by atoms with E-state index in [0.717, 1.165) is 5.56 Å². The molecular weight excluding hydrogens is 439 g/mol. The maximum Gasteiger partial charge on any atom is 0.266 e. The number of rotatable bonds is 6. The average molecular weight is 459 g/mol. The molecule has 0 atom stereocenters. The van der Waals surface area contributed by atoms with Gasteiger partial charge < -0.3 is 4.57 Å². The third-order valence-corrected chi connectivity index (χ3v) is 6.54. The molecule has 0 aliphatic carbocycles. The molecular formula is C25H19FN4O2S. The molecule has 8 heteroatoms. The van der Waals surface area contributed by atoms with Gasteiger partial charge in [-0.25, -0.2) is 9.29 Å². The van der Waals surface area contributed by atoms with E-state index in [9.17, 15) is 14.0 Å². The lowest BCUT2D eigenvalue weighted by Crippen LogP contribution is -2.29. The molecule has 0 N–H and O–H groups in total. The van der Waals surface area contributed by atoms with Crippen LogP contribution >= 0.6 is 11.8 Å². The fourth-order valence-electron chi connectivity index (χ4n) is 3.84. The molecule has 3 aromatic carbocycles. The van der Waals surface area contributed by atoms with E-state index in [1.807, 2.05) is 29.7 Å². The molecule has 2 heterocycles. The van der Waals surface area contributed by atoms with E-state index < -0.39 is 0 Å². The minimum atomic E-state index is -0.327. The molecule has 1 aliphatic rings. The van der Waals surface area contributed by atoms with Gasteiger partial charge in [-0.1, -0.05) is 42.1 Å². The number of aromatic nitrogens is 3. The molecule has 2 amide bonds. The molecule has 0 saturated heterocycles. The fraction of sp³-hybridized carbons (Fsp3) is 0.120. The monoisotopic (exact) mass is 458 g/mol. The van der Waals surface area contributed by atoms with E-state index in [4.69, 9.17) is 0 Å². The average Bonchev–Trinajstić information content (AvgIpc) is 3.37. The largest absolute Gasteiger partial charge is 0.302 e. The van der Waals surface area contributed by atoms with Crippen LogP contribution in [0.4, 0.5) is 10.1 Å². The summed E-state index contributed by atoms with van der Waals surface area (Å²) in [5, 5.41) is 9.32. The third kappa shape index (κ3) is 3.72. The molecule has 33 heavy (non-hydrogen) atoms. The highest BCUT2D eigenvalue weighted by atomic mass is 32.2. The summed E-state index contributed by atoms with van der Waals surface area (Å²) in [7, 11) is 0. The molecule has 0 fully saturated rings. The SMILES string of the molecule is CCn1c(SCc2ccccc2F)nnc1-c1ccc(N2C(=O)c3ccccc3C2=O)cc1. The number of anilines is 1. The predicted octanol–water partition coefficient (Wildman–Crippen LogP) is 5.20. The number of thioether (sulfide) groups is 1. The Bertz CT molecular complexity index is 1330. The van der Waals surface area contributed by atoms with Crippen LogP contribution in [0.5, 0.6) is 0 Å². The van der Waals surface area contributed by atoms with Gasteiger partial charge in [0.2, 0.25) is 0 Å². The van der Waals surface area contributed by atoms with Crippen molar-refractivity contribution in [3.05, 3.63) is 95.3 Å². The van der Waals surface area contributed by atoms with Crippen molar-refractivity contribution in [1.29, 1.82) is 0 Å². The zero-order valence-corrected chi connectivity index (χ0v) is 18.6. The highest BCUT2D eigenvalue weighted by Gasteiger charge is 2.36. The van der Waals surface area contributed by atoms with Crippen LogP contribution in [0.3, 0.4) is 0 Å². The number of fused-ring (bicyclic) bond motifs is 1. The molecule has 0 unspecified atom stereocenters. The van der Waals surface area contributed by atoms with Crippen molar-refractivity contribution in [1.82, 2.24) is 14.8 Å². The summed E-state index contributed by atoms with van der Waals surface area (Å²) in [6.45, 7) is 2.63. The summed E-state index contributed by atoms with van der Waals surface area (Å²) in [5.41, 5.74) is 2.74. The molecule has 5 rings (SSSR count). The Morgan fingerprint density at radius 3 is 2.12 bits per heavy atom. The molecule has 4 aromatic rings. The van der Waals surface area contributed by atoms with Crippen LogP contribution in [0, 0.1) is 5.82 Å². The number of hydrogen-bond acceptors (Lipinski definition) is 5. The minimum absolute atomic E-state index is 0.239. The van der Waals surface area contributed by atoms with Crippen LogP contribution in [0.15, 0.2) is 78.0 Å². The van der Waals surface area contributed by atoms with Crippen molar-refractivity contribution >= 4 is 29.3 Å². The summed E-state index contributed by atoms with van der Waals surface area (Å²) >= 11 is 1.42. The number of nitrogens with zero attached hydrogens (tertiary/aromatic N) is 4. The smallest absolute Gasteiger partial charge is 0.266 e. The lowest BCUT2D eigenvalue weighted by atomic mass is 10.1. The zero-order chi connectivity index (χ0) is 22.9. The number of carbonyl (C=O) groups is 2. The quantitative estimate of drug-likeness (QED) is 0.294. The van der Waals surface area contributed by atoms with Crippen LogP contribution in [0.25, 0.3) is 11.4 Å². The standard InChI is InChI=1S/C25H19FN4O2S/c1-2-29-22(27-28-25(29)33-15-17-7-3-6-10-21(17)26)16-11-13-18(14-12-16)30-23(31)19-8-4-5-9-20(19)24(30)32/h3-14H,2,15H2,1H3. The van der Waals surface area contributed by atoms with Crippen LogP contribution in [0.1, 0.15) is 33.2 Å². The van der Waals surface area contributed by atoms with Gasteiger partial charge in [0.25, 0.3) is 11.8 Å². The van der Waals surface area contributed by atoms with Gasteiger partial charge in [-0.2, -0.15) is 0 Å². The Labute approximate surface area is 194 Å². The lowest BCUT2D eigenvalue weighted by Gasteiger charge is -2.14. The first-order valence-electron chi connectivity index (χ1n) is 10.5. The van der Waals surface area contributed by atoms with Gasteiger partial charge >= 0.3 is 0 Å². The maximum absolute atomic E-state index is 13.9. The van der Waals surface area contributed by atoms with Crippen molar-refractivity contribution in [3.63, 3.8) is 0 Å². The number of hydrogen-bond donors (Lipinski definition) is 0. The first-order valence-corrected chi connectivity index (χ1v) is 11.4. The Morgan fingerprint density at radius 1 is 0.848 bits per heavy atom. The van der Waals surface area contributed by atoms with Crippen LogP contribution in [0.2, 0.25) is 0 Å². The summed E-state index contributed by atoms with van der Waals surface area (Å²) in [6.07, 6.45) is 0. The summed E-state index contributed by atoms with van der Waals surface area (Å²) < 4.78 is 15.9. The van der Waals surface area contributed by atoms with Gasteiger partial charge in [0.05, 0.1) is 16.8 Å². The first kappa shape index (κ1) is 21.1. The molecule has 1 aromatic heterocycles. The van der Waals surface area contributed by atoms with E-state index in [1.54, 1.807) is 48.5 Å². The predicted molar refractivity (Wildman–Crippen MR) is 125 cm³/mol. The highest BCUT2D eigenvalue weighted by Crippen LogP contribution is 2.31. The normalized spacial score (nSPS) is 13.0. The zero-order valence-electron chi connectivity index (χ0n) is 17.7. The molecule has 1 aliphatic heterocycles. The van der Waals surface area contributed by atoms with Crippen molar-refractivity contribution in [3.8, 4) is 11.4 Å². The first-order chi connectivity index (χ1) is 16.1. The third-order valence-electron chi connectivity index (χ3n) is 5.53.